The van der Waals surface area contributed by atoms with Crippen molar-refractivity contribution in [1.29, 1.82) is 0 Å². The molecule has 294 valence electrons. The molecule has 1 aliphatic heterocycles. The lowest BCUT2D eigenvalue weighted by atomic mass is 9.99. The van der Waals surface area contributed by atoms with Gasteiger partial charge in [-0.15, -0.1) is 0 Å². The van der Waals surface area contributed by atoms with Gasteiger partial charge in [0.1, 0.15) is 30.5 Å². The first-order chi connectivity index (χ1) is 24.4. The van der Waals surface area contributed by atoms with Crippen LogP contribution in [0.2, 0.25) is 0 Å². The highest BCUT2D eigenvalue weighted by atomic mass is 16.7. The van der Waals surface area contributed by atoms with Gasteiger partial charge in [0, 0.05) is 13.0 Å². The molecule has 0 bridgehead atoms. The minimum absolute atomic E-state index is 0.117. The molecule has 9 heteroatoms. The van der Waals surface area contributed by atoms with Crippen LogP contribution in [0, 0.1) is 0 Å². The standard InChI is InChI=1S/C41H76O9/c1-3-5-7-9-11-13-15-16-17-18-19-21-23-25-27-29-31-47-33-35(34-48-41-40(46)39(45)38(44)36(32-42)50-41)49-37(43)30-28-26-24-22-20-14-12-10-8-6-4-2/h10,12,16-17,35-36,38-42,44-46H,3-9,11,13-15,18-34H2,1-2H3/b12-10-,17-16-. The van der Waals surface area contributed by atoms with E-state index in [1.54, 1.807) is 0 Å². The number of aliphatic hydroxyl groups excluding tert-OH is 4. The fraction of sp³-hybridized carbons (Fsp3) is 0.878. The van der Waals surface area contributed by atoms with Crippen LogP contribution in [-0.2, 0) is 23.7 Å². The Hall–Kier alpha value is -1.33. The van der Waals surface area contributed by atoms with Gasteiger partial charge in [-0.2, -0.15) is 0 Å². The number of carbonyl (C=O) groups excluding carboxylic acids is 1. The van der Waals surface area contributed by atoms with E-state index in [0.717, 1.165) is 51.4 Å². The second-order valence-electron chi connectivity index (χ2n) is 14.1. The number of unbranched alkanes of at least 4 members (excludes halogenated alkanes) is 19. The average molecular weight is 713 g/mol. The number of esters is 1. The van der Waals surface area contributed by atoms with Crippen LogP contribution in [0.1, 0.15) is 168 Å². The van der Waals surface area contributed by atoms with Crippen LogP contribution >= 0.6 is 0 Å². The SMILES string of the molecule is CCCC/C=C\CCCCCCCC(=O)OC(COCCCCCCCC/C=C\CCCCCCCC)COC1OC(CO)C(O)C(O)C1O. The van der Waals surface area contributed by atoms with Crippen LogP contribution < -0.4 is 0 Å². The van der Waals surface area contributed by atoms with Crippen molar-refractivity contribution >= 4 is 5.97 Å². The summed E-state index contributed by atoms with van der Waals surface area (Å²) in [6, 6.07) is 0. The van der Waals surface area contributed by atoms with Crippen LogP contribution in [0.5, 0.6) is 0 Å². The molecule has 6 atom stereocenters. The van der Waals surface area contributed by atoms with Crippen molar-refractivity contribution in [3.63, 3.8) is 0 Å². The van der Waals surface area contributed by atoms with Crippen molar-refractivity contribution in [2.24, 2.45) is 0 Å². The maximum atomic E-state index is 12.7. The van der Waals surface area contributed by atoms with Gasteiger partial charge in [0.05, 0.1) is 19.8 Å². The summed E-state index contributed by atoms with van der Waals surface area (Å²) in [5, 5.41) is 40.0. The number of ether oxygens (including phenoxy) is 4. The molecule has 0 amide bonds. The summed E-state index contributed by atoms with van der Waals surface area (Å²) in [5.74, 6) is -0.327. The summed E-state index contributed by atoms with van der Waals surface area (Å²) in [5.41, 5.74) is 0. The lowest BCUT2D eigenvalue weighted by molar-refractivity contribution is -0.305. The van der Waals surface area contributed by atoms with E-state index in [2.05, 4.69) is 38.2 Å². The summed E-state index contributed by atoms with van der Waals surface area (Å²) < 4.78 is 22.7. The van der Waals surface area contributed by atoms with Gasteiger partial charge in [-0.05, 0) is 57.8 Å². The average Bonchev–Trinajstić information content (AvgIpc) is 3.11. The van der Waals surface area contributed by atoms with E-state index < -0.39 is 43.4 Å². The van der Waals surface area contributed by atoms with Crippen molar-refractivity contribution in [1.82, 2.24) is 0 Å². The largest absolute Gasteiger partial charge is 0.457 e. The van der Waals surface area contributed by atoms with Gasteiger partial charge in [0.2, 0.25) is 0 Å². The quantitative estimate of drug-likeness (QED) is 0.0296. The summed E-state index contributed by atoms with van der Waals surface area (Å²) in [7, 11) is 0. The van der Waals surface area contributed by atoms with E-state index in [-0.39, 0.29) is 19.2 Å². The maximum absolute atomic E-state index is 12.7. The lowest BCUT2D eigenvalue weighted by Gasteiger charge is -2.39. The zero-order valence-corrected chi connectivity index (χ0v) is 31.9. The minimum atomic E-state index is -1.54. The zero-order chi connectivity index (χ0) is 36.5. The fourth-order valence-corrected chi connectivity index (χ4v) is 6.05. The Labute approximate surface area is 305 Å². The van der Waals surface area contributed by atoms with E-state index >= 15 is 0 Å². The third-order valence-corrected chi connectivity index (χ3v) is 9.34. The number of aliphatic hydroxyl groups is 4. The summed E-state index contributed by atoms with van der Waals surface area (Å²) in [6.07, 6.45) is 29.2. The Balaban J connectivity index is 2.30. The van der Waals surface area contributed by atoms with Gasteiger partial charge >= 0.3 is 5.97 Å². The van der Waals surface area contributed by atoms with E-state index in [1.807, 2.05) is 0 Å². The molecule has 1 saturated heterocycles. The Bertz CT molecular complexity index is 818. The monoisotopic (exact) mass is 713 g/mol. The lowest BCUT2D eigenvalue weighted by Crippen LogP contribution is -2.59. The van der Waals surface area contributed by atoms with Crippen LogP contribution in [0.4, 0.5) is 0 Å². The van der Waals surface area contributed by atoms with Crippen molar-refractivity contribution in [2.45, 2.75) is 205 Å². The summed E-state index contributed by atoms with van der Waals surface area (Å²) >= 11 is 0. The Morgan fingerprint density at radius 2 is 1.12 bits per heavy atom. The fourth-order valence-electron chi connectivity index (χ4n) is 6.05. The highest BCUT2D eigenvalue weighted by Gasteiger charge is 2.44. The Morgan fingerprint density at radius 3 is 1.68 bits per heavy atom. The molecule has 0 aliphatic carbocycles. The molecule has 9 nitrogen and oxygen atoms in total. The predicted molar refractivity (Wildman–Crippen MR) is 201 cm³/mol. The van der Waals surface area contributed by atoms with E-state index in [0.29, 0.717) is 13.0 Å². The molecular weight excluding hydrogens is 636 g/mol. The highest BCUT2D eigenvalue weighted by Crippen LogP contribution is 2.22. The molecular formula is C41H76O9. The van der Waals surface area contributed by atoms with Gasteiger partial charge < -0.3 is 39.4 Å². The first kappa shape index (κ1) is 46.7. The van der Waals surface area contributed by atoms with Crippen LogP contribution in [0.25, 0.3) is 0 Å². The van der Waals surface area contributed by atoms with E-state index in [9.17, 15) is 25.2 Å². The van der Waals surface area contributed by atoms with Gasteiger partial charge in [-0.25, -0.2) is 0 Å². The number of rotatable bonds is 34. The first-order valence-corrected chi connectivity index (χ1v) is 20.4. The third-order valence-electron chi connectivity index (χ3n) is 9.34. The molecule has 50 heavy (non-hydrogen) atoms. The number of carbonyl (C=O) groups is 1. The van der Waals surface area contributed by atoms with Gasteiger partial charge in [0.25, 0.3) is 0 Å². The Kier molecular flexibility index (Phi) is 31.3. The summed E-state index contributed by atoms with van der Waals surface area (Å²) in [6.45, 7) is 4.49. The number of hydrogen-bond donors (Lipinski definition) is 4. The Morgan fingerprint density at radius 1 is 0.620 bits per heavy atom. The minimum Gasteiger partial charge on any atom is -0.457 e. The molecule has 1 aliphatic rings. The molecule has 1 fully saturated rings. The normalized spacial score (nSPS) is 21.8. The van der Waals surface area contributed by atoms with E-state index in [1.165, 1.54) is 96.3 Å². The summed E-state index contributed by atoms with van der Waals surface area (Å²) in [4.78, 5) is 12.7. The van der Waals surface area contributed by atoms with Crippen molar-refractivity contribution in [3.05, 3.63) is 24.3 Å². The molecule has 0 aromatic carbocycles. The molecule has 1 heterocycles. The maximum Gasteiger partial charge on any atom is 0.306 e. The van der Waals surface area contributed by atoms with Crippen molar-refractivity contribution in [3.8, 4) is 0 Å². The van der Waals surface area contributed by atoms with Crippen molar-refractivity contribution < 1.29 is 44.2 Å². The molecule has 0 saturated carbocycles. The van der Waals surface area contributed by atoms with Gasteiger partial charge in [-0.3, -0.25) is 4.79 Å². The molecule has 0 aromatic rings. The second kappa shape index (κ2) is 33.5. The predicted octanol–water partition coefficient (Wildman–Crippen LogP) is 8.25. The van der Waals surface area contributed by atoms with Crippen LogP contribution in [0.3, 0.4) is 0 Å². The van der Waals surface area contributed by atoms with Crippen LogP contribution in [-0.4, -0.2) is 89.6 Å². The van der Waals surface area contributed by atoms with Crippen molar-refractivity contribution in [2.75, 3.05) is 26.4 Å². The second-order valence-corrected chi connectivity index (χ2v) is 14.1. The van der Waals surface area contributed by atoms with Crippen LogP contribution in [0.15, 0.2) is 24.3 Å². The van der Waals surface area contributed by atoms with Gasteiger partial charge in [0.15, 0.2) is 6.29 Å². The number of hydrogen-bond acceptors (Lipinski definition) is 9. The molecule has 0 spiro atoms. The third kappa shape index (κ3) is 24.8. The molecule has 0 aromatic heterocycles. The molecule has 0 radical (unpaired) electrons. The molecule has 6 unspecified atom stereocenters. The zero-order valence-electron chi connectivity index (χ0n) is 31.9. The van der Waals surface area contributed by atoms with E-state index in [4.69, 9.17) is 18.9 Å². The first-order valence-electron chi connectivity index (χ1n) is 20.4. The molecule has 4 N–H and O–H groups in total. The van der Waals surface area contributed by atoms with Gasteiger partial charge in [-0.1, -0.05) is 128 Å². The number of allylic oxidation sites excluding steroid dienone is 4. The molecule has 1 rings (SSSR count). The smallest absolute Gasteiger partial charge is 0.306 e. The topological polar surface area (TPSA) is 135 Å². The highest BCUT2D eigenvalue weighted by molar-refractivity contribution is 5.69.